The number of ether oxygens (including phenoxy) is 2. The van der Waals surface area contributed by atoms with Crippen molar-refractivity contribution in [1.82, 2.24) is 9.78 Å². The van der Waals surface area contributed by atoms with E-state index < -0.39 is 11.8 Å². The van der Waals surface area contributed by atoms with Crippen LogP contribution in [0.5, 0.6) is 5.75 Å². The van der Waals surface area contributed by atoms with Gasteiger partial charge < -0.3 is 15.2 Å². The van der Waals surface area contributed by atoms with Crippen LogP contribution < -0.4 is 10.5 Å². The maximum Gasteiger partial charge on any atom is 0.341 e. The molecule has 0 saturated carbocycles. The molecule has 1 aromatic carbocycles. The molecule has 0 spiro atoms. The molecule has 20 heavy (non-hydrogen) atoms. The van der Waals surface area contributed by atoms with Gasteiger partial charge in [0.2, 0.25) is 0 Å². The highest BCUT2D eigenvalue weighted by Crippen LogP contribution is 2.32. The van der Waals surface area contributed by atoms with Gasteiger partial charge in [0.25, 0.3) is 0 Å². The quantitative estimate of drug-likeness (QED) is 0.863. The van der Waals surface area contributed by atoms with Crippen LogP contribution in [0.2, 0.25) is 0 Å². The zero-order valence-corrected chi connectivity index (χ0v) is 11.3. The average molecular weight is 279 g/mol. The van der Waals surface area contributed by atoms with E-state index in [0.29, 0.717) is 16.9 Å². The molecule has 6 nitrogen and oxygen atoms in total. The molecule has 0 radical (unpaired) electrons. The third-order valence-corrected chi connectivity index (χ3v) is 2.95. The third-order valence-electron chi connectivity index (χ3n) is 2.95. The highest BCUT2D eigenvalue weighted by molar-refractivity contribution is 5.94. The van der Waals surface area contributed by atoms with Gasteiger partial charge in [0.05, 0.1) is 20.4 Å². The average Bonchev–Trinajstić information content (AvgIpc) is 2.77. The van der Waals surface area contributed by atoms with Gasteiger partial charge in [-0.05, 0) is 17.7 Å². The number of esters is 1. The summed E-state index contributed by atoms with van der Waals surface area (Å²) in [5.41, 5.74) is 6.79. The zero-order chi connectivity index (χ0) is 14.9. The number of anilines is 1. The second-order valence-electron chi connectivity index (χ2n) is 4.10. The molecule has 0 aliphatic heterocycles. The number of aryl methyl sites for hydroxylation is 1. The van der Waals surface area contributed by atoms with Crippen molar-refractivity contribution in [3.05, 3.63) is 29.7 Å². The molecule has 2 rings (SSSR count). The van der Waals surface area contributed by atoms with Crippen molar-refractivity contribution in [2.75, 3.05) is 20.0 Å². The van der Waals surface area contributed by atoms with E-state index in [1.807, 2.05) is 0 Å². The number of nitrogen functional groups attached to an aromatic ring is 1. The number of aromatic nitrogens is 2. The summed E-state index contributed by atoms with van der Waals surface area (Å²) < 4.78 is 25.0. The Balaban J connectivity index is 2.65. The van der Waals surface area contributed by atoms with Crippen molar-refractivity contribution >= 4 is 11.8 Å². The molecular formula is C13H14FN3O3. The van der Waals surface area contributed by atoms with Gasteiger partial charge >= 0.3 is 5.97 Å². The first-order chi connectivity index (χ1) is 9.49. The summed E-state index contributed by atoms with van der Waals surface area (Å²) in [4.78, 5) is 11.7. The maximum absolute atomic E-state index is 14.0. The highest BCUT2D eigenvalue weighted by Gasteiger charge is 2.20. The molecule has 0 amide bonds. The first kappa shape index (κ1) is 13.9. The third kappa shape index (κ3) is 2.18. The summed E-state index contributed by atoms with van der Waals surface area (Å²) in [5, 5.41) is 3.98. The van der Waals surface area contributed by atoms with E-state index in [2.05, 4.69) is 9.84 Å². The number of carbonyl (C=O) groups excluding carboxylic acids is 1. The minimum Gasteiger partial charge on any atom is -0.493 e. The van der Waals surface area contributed by atoms with Gasteiger partial charge in [-0.2, -0.15) is 5.10 Å². The van der Waals surface area contributed by atoms with E-state index in [4.69, 9.17) is 10.5 Å². The number of nitrogens with zero attached hydrogens (tertiary/aromatic N) is 2. The number of hydrogen-bond acceptors (Lipinski definition) is 5. The second kappa shape index (κ2) is 5.20. The number of hydrogen-bond donors (Lipinski definition) is 1. The fourth-order valence-corrected chi connectivity index (χ4v) is 1.89. The van der Waals surface area contributed by atoms with Crippen LogP contribution in [-0.4, -0.2) is 30.0 Å². The van der Waals surface area contributed by atoms with E-state index >= 15 is 0 Å². The summed E-state index contributed by atoms with van der Waals surface area (Å²) in [6.07, 6.45) is 1.50. The topological polar surface area (TPSA) is 79.4 Å². The van der Waals surface area contributed by atoms with Crippen LogP contribution in [0, 0.1) is 5.82 Å². The van der Waals surface area contributed by atoms with E-state index in [1.54, 1.807) is 7.05 Å². The van der Waals surface area contributed by atoms with E-state index in [1.165, 1.54) is 37.2 Å². The lowest BCUT2D eigenvalue weighted by Crippen LogP contribution is -2.06. The Morgan fingerprint density at radius 1 is 1.40 bits per heavy atom. The van der Waals surface area contributed by atoms with Crippen molar-refractivity contribution in [2.45, 2.75) is 0 Å². The SMILES string of the molecule is COC(=O)c1cc(-c2cnn(C)c2N)cc(F)c1OC. The van der Waals surface area contributed by atoms with Crippen LogP contribution in [0.15, 0.2) is 18.3 Å². The molecule has 0 unspecified atom stereocenters. The number of halogens is 1. The van der Waals surface area contributed by atoms with Gasteiger partial charge in [0.15, 0.2) is 11.6 Å². The van der Waals surface area contributed by atoms with Crippen LogP contribution in [0.1, 0.15) is 10.4 Å². The summed E-state index contributed by atoms with van der Waals surface area (Å²) >= 11 is 0. The van der Waals surface area contributed by atoms with Crippen LogP contribution in [0.3, 0.4) is 0 Å². The molecule has 0 fully saturated rings. The van der Waals surface area contributed by atoms with Gasteiger partial charge in [0, 0.05) is 12.6 Å². The van der Waals surface area contributed by atoms with Gasteiger partial charge in [-0.15, -0.1) is 0 Å². The Kier molecular flexibility index (Phi) is 3.60. The molecule has 0 atom stereocenters. The molecule has 7 heteroatoms. The summed E-state index contributed by atoms with van der Waals surface area (Å²) in [6, 6.07) is 2.69. The zero-order valence-electron chi connectivity index (χ0n) is 11.3. The largest absolute Gasteiger partial charge is 0.493 e. The molecule has 1 aromatic heterocycles. The number of rotatable bonds is 3. The Labute approximate surface area is 114 Å². The monoisotopic (exact) mass is 279 g/mol. The maximum atomic E-state index is 14.0. The molecule has 106 valence electrons. The summed E-state index contributed by atoms with van der Waals surface area (Å²) in [5.74, 6) is -1.16. The molecule has 2 aromatic rings. The second-order valence-corrected chi connectivity index (χ2v) is 4.10. The van der Waals surface area contributed by atoms with Gasteiger partial charge in [-0.3, -0.25) is 4.68 Å². The minimum absolute atomic E-state index is 0.00625. The van der Waals surface area contributed by atoms with Crippen LogP contribution in [0.4, 0.5) is 10.2 Å². The fraction of sp³-hybridized carbons (Fsp3) is 0.231. The lowest BCUT2D eigenvalue weighted by atomic mass is 10.0. The van der Waals surface area contributed by atoms with E-state index in [9.17, 15) is 9.18 Å². The lowest BCUT2D eigenvalue weighted by molar-refractivity contribution is 0.0596. The Hall–Kier alpha value is -2.57. The van der Waals surface area contributed by atoms with Gasteiger partial charge in [-0.1, -0.05) is 0 Å². The minimum atomic E-state index is -0.690. The number of methoxy groups -OCH3 is 2. The van der Waals surface area contributed by atoms with Crippen molar-refractivity contribution in [1.29, 1.82) is 0 Å². The highest BCUT2D eigenvalue weighted by atomic mass is 19.1. The summed E-state index contributed by atoms with van der Waals surface area (Å²) in [7, 11) is 4.16. The van der Waals surface area contributed by atoms with Gasteiger partial charge in [-0.25, -0.2) is 9.18 Å². The standard InChI is InChI=1S/C13H14FN3O3/c1-17-12(15)9(6-16-17)7-4-8(13(18)20-3)11(19-2)10(14)5-7/h4-6H,15H2,1-3H3. The molecule has 2 N–H and O–H groups in total. The Morgan fingerprint density at radius 3 is 2.60 bits per heavy atom. The number of nitrogens with two attached hydrogens (primary N) is 1. The van der Waals surface area contributed by atoms with Crippen molar-refractivity contribution < 1.29 is 18.7 Å². The molecule has 1 heterocycles. The van der Waals surface area contributed by atoms with E-state index in [0.717, 1.165) is 0 Å². The fourth-order valence-electron chi connectivity index (χ4n) is 1.89. The predicted molar refractivity (Wildman–Crippen MR) is 70.9 cm³/mol. The summed E-state index contributed by atoms with van der Waals surface area (Å²) in [6.45, 7) is 0. The Bertz CT molecular complexity index is 667. The van der Waals surface area contributed by atoms with Gasteiger partial charge in [0.1, 0.15) is 11.4 Å². The van der Waals surface area contributed by atoms with Crippen molar-refractivity contribution in [2.24, 2.45) is 7.05 Å². The van der Waals surface area contributed by atoms with E-state index in [-0.39, 0.29) is 11.3 Å². The number of carbonyl (C=O) groups is 1. The van der Waals surface area contributed by atoms with Crippen molar-refractivity contribution in [3.8, 4) is 16.9 Å². The van der Waals surface area contributed by atoms with Crippen LogP contribution >= 0.6 is 0 Å². The Morgan fingerprint density at radius 2 is 2.10 bits per heavy atom. The van der Waals surface area contributed by atoms with Crippen LogP contribution in [0.25, 0.3) is 11.1 Å². The normalized spacial score (nSPS) is 10.4. The predicted octanol–water partition coefficient (Wildman–Crippen LogP) is 1.60. The first-order valence-electron chi connectivity index (χ1n) is 5.73. The molecule has 0 bridgehead atoms. The molecule has 0 saturated heterocycles. The molecular weight excluding hydrogens is 265 g/mol. The molecule has 0 aliphatic rings. The van der Waals surface area contributed by atoms with Crippen molar-refractivity contribution in [3.63, 3.8) is 0 Å². The van der Waals surface area contributed by atoms with Crippen LogP contribution in [-0.2, 0) is 11.8 Å². The first-order valence-corrected chi connectivity index (χ1v) is 5.73. The smallest absolute Gasteiger partial charge is 0.341 e. The lowest BCUT2D eigenvalue weighted by Gasteiger charge is -2.10. The molecule has 0 aliphatic carbocycles. The number of benzene rings is 1.